The Labute approximate surface area is 223 Å². The topological polar surface area (TPSA) is 41.9 Å². The van der Waals surface area contributed by atoms with Crippen LogP contribution in [0.2, 0.25) is 5.02 Å². The van der Waals surface area contributed by atoms with E-state index in [9.17, 15) is 26.7 Å². The van der Waals surface area contributed by atoms with E-state index in [4.69, 9.17) is 16.3 Å². The van der Waals surface area contributed by atoms with Gasteiger partial charge in [0, 0.05) is 15.1 Å². The van der Waals surface area contributed by atoms with E-state index in [1.807, 2.05) is 0 Å². The van der Waals surface area contributed by atoms with Gasteiger partial charge in [0.25, 0.3) is 5.91 Å². The summed E-state index contributed by atoms with van der Waals surface area (Å²) in [6, 6.07) is 10.3. The lowest BCUT2D eigenvalue weighted by molar-refractivity contribution is -0.114. The van der Waals surface area contributed by atoms with Gasteiger partial charge in [0.15, 0.2) is 23.3 Å². The van der Waals surface area contributed by atoms with Gasteiger partial charge in [-0.1, -0.05) is 39.7 Å². The molecule has 1 aliphatic heterocycles. The molecule has 4 nitrogen and oxygen atoms in total. The van der Waals surface area contributed by atoms with Crippen molar-refractivity contribution in [2.24, 2.45) is 5.10 Å². The number of halogens is 8. The predicted octanol–water partition coefficient (Wildman–Crippen LogP) is 7.95. The molecular formula is C24H12Br2ClF5N2O2. The van der Waals surface area contributed by atoms with Crippen molar-refractivity contribution in [3.8, 4) is 5.75 Å². The third kappa shape index (κ3) is 4.91. The molecule has 0 bridgehead atoms. The van der Waals surface area contributed by atoms with Crippen LogP contribution >= 0.6 is 43.5 Å². The second-order valence-electron chi connectivity index (χ2n) is 7.50. The van der Waals surface area contributed by atoms with Gasteiger partial charge in [-0.15, -0.1) is 0 Å². The Hall–Kier alpha value is -2.76. The maximum atomic E-state index is 14.3. The first-order valence-electron chi connectivity index (χ1n) is 9.99. The van der Waals surface area contributed by atoms with Crippen LogP contribution in [0.3, 0.4) is 0 Å². The number of benzene rings is 3. The van der Waals surface area contributed by atoms with Crippen LogP contribution < -0.4 is 9.75 Å². The van der Waals surface area contributed by atoms with Crippen LogP contribution in [0.1, 0.15) is 18.1 Å². The molecule has 3 aromatic carbocycles. The first-order chi connectivity index (χ1) is 17.0. The molecule has 0 spiro atoms. The van der Waals surface area contributed by atoms with Gasteiger partial charge >= 0.3 is 0 Å². The smallest absolute Gasteiger partial charge is 0.280 e. The number of nitrogens with zero attached hydrogens (tertiary/aromatic N) is 2. The predicted molar refractivity (Wildman–Crippen MR) is 132 cm³/mol. The van der Waals surface area contributed by atoms with Crippen molar-refractivity contribution in [3.63, 3.8) is 0 Å². The average molecular weight is 651 g/mol. The highest BCUT2D eigenvalue weighted by molar-refractivity contribution is 9.11. The van der Waals surface area contributed by atoms with Crippen LogP contribution in [0.15, 0.2) is 56.0 Å². The number of hydrogen-bond acceptors (Lipinski definition) is 3. The van der Waals surface area contributed by atoms with Crippen molar-refractivity contribution in [1.82, 2.24) is 0 Å². The minimum absolute atomic E-state index is 0.0131. The fourth-order valence-corrected chi connectivity index (χ4v) is 4.98. The van der Waals surface area contributed by atoms with Gasteiger partial charge in [0.05, 0.1) is 15.8 Å². The van der Waals surface area contributed by atoms with Crippen LogP contribution in [0.4, 0.5) is 27.6 Å². The molecule has 4 rings (SSSR count). The molecule has 36 heavy (non-hydrogen) atoms. The summed E-state index contributed by atoms with van der Waals surface area (Å²) in [5.74, 6) is -11.8. The summed E-state index contributed by atoms with van der Waals surface area (Å²) >= 11 is 12.8. The summed E-state index contributed by atoms with van der Waals surface area (Å²) in [5, 5.41) is 4.41. The molecule has 0 saturated heterocycles. The SMILES string of the molecule is CC1=NN(c2c(F)c(F)c(F)c(F)c2F)C(=O)/C1=C\c1cc(Br)cc(Br)c1OCc1cccc(Cl)c1. The van der Waals surface area contributed by atoms with Gasteiger partial charge in [-0.2, -0.15) is 10.1 Å². The molecule has 0 saturated carbocycles. The quantitative estimate of drug-likeness (QED) is 0.122. The Morgan fingerprint density at radius 1 is 1.00 bits per heavy atom. The Morgan fingerprint density at radius 3 is 2.28 bits per heavy atom. The average Bonchev–Trinajstić information content (AvgIpc) is 3.09. The van der Waals surface area contributed by atoms with E-state index in [1.165, 1.54) is 13.0 Å². The minimum atomic E-state index is -2.34. The fraction of sp³-hybridized carbons (Fsp3) is 0.0833. The summed E-state index contributed by atoms with van der Waals surface area (Å²) in [7, 11) is 0. The number of rotatable bonds is 5. The van der Waals surface area contributed by atoms with E-state index in [-0.39, 0.29) is 22.9 Å². The normalized spacial score (nSPS) is 14.6. The molecule has 12 heteroatoms. The molecule has 0 N–H and O–H groups in total. The van der Waals surface area contributed by atoms with Crippen molar-refractivity contribution in [1.29, 1.82) is 0 Å². The second-order valence-corrected chi connectivity index (χ2v) is 9.71. The molecule has 1 amide bonds. The first-order valence-corrected chi connectivity index (χ1v) is 12.0. The molecule has 186 valence electrons. The van der Waals surface area contributed by atoms with Gasteiger partial charge in [-0.3, -0.25) is 4.79 Å². The Bertz CT molecular complexity index is 1450. The van der Waals surface area contributed by atoms with Gasteiger partial charge in [-0.05, 0) is 58.8 Å². The third-order valence-electron chi connectivity index (χ3n) is 5.07. The molecule has 0 unspecified atom stereocenters. The number of anilines is 1. The van der Waals surface area contributed by atoms with Crippen LogP contribution in [-0.4, -0.2) is 11.6 Å². The zero-order valence-corrected chi connectivity index (χ0v) is 21.9. The molecule has 0 aliphatic carbocycles. The minimum Gasteiger partial charge on any atom is -0.487 e. The van der Waals surface area contributed by atoms with Gasteiger partial charge in [0.2, 0.25) is 5.82 Å². The number of hydrazone groups is 1. The van der Waals surface area contributed by atoms with Crippen molar-refractivity contribution < 1.29 is 31.5 Å². The summed E-state index contributed by atoms with van der Waals surface area (Å²) in [4.78, 5) is 13.0. The molecule has 0 fully saturated rings. The lowest BCUT2D eigenvalue weighted by Crippen LogP contribution is -2.25. The number of hydrogen-bond donors (Lipinski definition) is 0. The highest BCUT2D eigenvalue weighted by Crippen LogP contribution is 2.38. The first kappa shape index (κ1) is 26.3. The van der Waals surface area contributed by atoms with Gasteiger partial charge in [-0.25, -0.2) is 22.0 Å². The molecular weight excluding hydrogens is 639 g/mol. The highest BCUT2D eigenvalue weighted by atomic mass is 79.9. The van der Waals surface area contributed by atoms with Crippen molar-refractivity contribution in [2.75, 3.05) is 5.01 Å². The Balaban J connectivity index is 1.74. The van der Waals surface area contributed by atoms with E-state index in [0.717, 1.165) is 5.56 Å². The number of carbonyl (C=O) groups is 1. The second kappa shape index (κ2) is 10.3. The molecule has 0 aromatic heterocycles. The zero-order valence-electron chi connectivity index (χ0n) is 18.0. The molecule has 1 heterocycles. The standard InChI is InChI=1S/C24H12Br2ClF5N2O2/c1-10-15(24(35)34(33-10)22-20(31)18(29)17(28)19(30)21(22)32)7-12-6-13(25)8-16(26)23(12)36-9-11-3-2-4-14(27)5-11/h2-8H,9H2,1H3/b15-7-. The summed E-state index contributed by atoms with van der Waals surface area (Å²) in [6.07, 6.45) is 1.34. The number of amides is 1. The van der Waals surface area contributed by atoms with E-state index >= 15 is 0 Å². The monoisotopic (exact) mass is 648 g/mol. The van der Waals surface area contributed by atoms with E-state index in [0.29, 0.717) is 25.3 Å². The van der Waals surface area contributed by atoms with Crippen LogP contribution in [0.25, 0.3) is 6.08 Å². The summed E-state index contributed by atoms with van der Waals surface area (Å²) in [5.41, 5.74) is -0.483. The van der Waals surface area contributed by atoms with Crippen LogP contribution in [0, 0.1) is 29.1 Å². The van der Waals surface area contributed by atoms with E-state index < -0.39 is 40.7 Å². The van der Waals surface area contributed by atoms with E-state index in [1.54, 1.807) is 36.4 Å². The molecule has 3 aromatic rings. The summed E-state index contributed by atoms with van der Waals surface area (Å²) < 4.78 is 76.6. The number of carbonyl (C=O) groups excluding carboxylic acids is 1. The zero-order chi connectivity index (χ0) is 26.3. The van der Waals surface area contributed by atoms with Crippen LogP contribution in [-0.2, 0) is 11.4 Å². The molecule has 0 atom stereocenters. The van der Waals surface area contributed by atoms with Crippen molar-refractivity contribution in [2.45, 2.75) is 13.5 Å². The fourth-order valence-electron chi connectivity index (χ4n) is 3.39. The van der Waals surface area contributed by atoms with Gasteiger partial charge in [0.1, 0.15) is 18.0 Å². The van der Waals surface area contributed by atoms with Gasteiger partial charge < -0.3 is 4.74 Å². The van der Waals surface area contributed by atoms with E-state index in [2.05, 4.69) is 37.0 Å². The molecule has 1 aliphatic rings. The molecule has 0 radical (unpaired) electrons. The lowest BCUT2D eigenvalue weighted by Gasteiger charge is -2.15. The Kier molecular flexibility index (Phi) is 7.53. The highest BCUT2D eigenvalue weighted by Gasteiger charge is 2.37. The third-order valence-corrected chi connectivity index (χ3v) is 6.35. The Morgan fingerprint density at radius 2 is 1.64 bits per heavy atom. The lowest BCUT2D eigenvalue weighted by atomic mass is 10.1. The maximum absolute atomic E-state index is 14.3. The van der Waals surface area contributed by atoms with Crippen molar-refractivity contribution in [3.05, 3.63) is 96.2 Å². The number of ether oxygens (including phenoxy) is 1. The van der Waals surface area contributed by atoms with Crippen LogP contribution in [0.5, 0.6) is 5.75 Å². The van der Waals surface area contributed by atoms with Crippen molar-refractivity contribution >= 4 is 66.8 Å². The maximum Gasteiger partial charge on any atom is 0.280 e. The summed E-state index contributed by atoms with van der Waals surface area (Å²) in [6.45, 7) is 1.48. The largest absolute Gasteiger partial charge is 0.487 e.